The van der Waals surface area contributed by atoms with E-state index >= 15 is 0 Å². The molecule has 2 N–H and O–H groups in total. The minimum absolute atomic E-state index is 0.0408. The van der Waals surface area contributed by atoms with Crippen molar-refractivity contribution in [1.29, 1.82) is 0 Å². The molecular weight excluding hydrogens is 180 g/mol. The Balaban J connectivity index is 3.39. The van der Waals surface area contributed by atoms with Crippen molar-refractivity contribution >= 4 is 0 Å². The van der Waals surface area contributed by atoms with Crippen molar-refractivity contribution in [1.82, 2.24) is 4.98 Å². The van der Waals surface area contributed by atoms with Crippen LogP contribution in [-0.2, 0) is 6.61 Å². The van der Waals surface area contributed by atoms with Gasteiger partial charge in [0.25, 0.3) is 6.43 Å². The summed E-state index contributed by atoms with van der Waals surface area (Å²) in [6, 6.07) is 0. The van der Waals surface area contributed by atoms with E-state index in [9.17, 15) is 13.6 Å². The lowest BCUT2D eigenvalue weighted by atomic mass is 10.1. The zero-order valence-electron chi connectivity index (χ0n) is 6.97. The van der Waals surface area contributed by atoms with E-state index in [1.165, 1.54) is 13.1 Å². The zero-order valence-corrected chi connectivity index (χ0v) is 6.97. The molecule has 1 heterocycles. The van der Waals surface area contributed by atoms with Gasteiger partial charge in [0, 0.05) is 17.5 Å². The fourth-order valence-corrected chi connectivity index (χ4v) is 1.06. The first kappa shape index (κ1) is 9.85. The van der Waals surface area contributed by atoms with Crippen molar-refractivity contribution in [3.05, 3.63) is 33.2 Å². The number of aromatic nitrogens is 1. The third-order valence-electron chi connectivity index (χ3n) is 1.79. The summed E-state index contributed by atoms with van der Waals surface area (Å²) in [6.45, 7) is 0.860. The number of rotatable bonds is 2. The van der Waals surface area contributed by atoms with Gasteiger partial charge in [0.05, 0.1) is 12.2 Å². The number of hydrogen-bond acceptors (Lipinski definition) is 2. The van der Waals surface area contributed by atoms with Crippen LogP contribution in [0.2, 0.25) is 0 Å². The van der Waals surface area contributed by atoms with Crippen LogP contribution >= 0.6 is 0 Å². The van der Waals surface area contributed by atoms with Crippen molar-refractivity contribution in [3.63, 3.8) is 0 Å². The number of hydrogen-bond donors (Lipinski definition) is 2. The predicted octanol–water partition coefficient (Wildman–Crippen LogP) is 1.11. The number of halogens is 2. The molecule has 0 fully saturated rings. The predicted molar refractivity (Wildman–Crippen MR) is 42.7 cm³/mol. The largest absolute Gasteiger partial charge is 0.391 e. The van der Waals surface area contributed by atoms with Crippen LogP contribution in [0.4, 0.5) is 8.78 Å². The van der Waals surface area contributed by atoms with E-state index < -0.39 is 24.0 Å². The monoisotopic (exact) mass is 189 g/mol. The maximum absolute atomic E-state index is 12.3. The highest BCUT2D eigenvalue weighted by Crippen LogP contribution is 2.17. The fourth-order valence-electron chi connectivity index (χ4n) is 1.06. The van der Waals surface area contributed by atoms with Gasteiger partial charge in [-0.3, -0.25) is 4.79 Å². The molecule has 0 aromatic carbocycles. The molecule has 13 heavy (non-hydrogen) atoms. The molecule has 0 radical (unpaired) electrons. The van der Waals surface area contributed by atoms with Gasteiger partial charge < -0.3 is 10.1 Å². The van der Waals surface area contributed by atoms with E-state index in [0.29, 0.717) is 0 Å². The highest BCUT2D eigenvalue weighted by Gasteiger charge is 2.17. The highest BCUT2D eigenvalue weighted by molar-refractivity contribution is 5.25. The Labute approximate surface area is 73.0 Å². The lowest BCUT2D eigenvalue weighted by Gasteiger charge is -2.05. The molecule has 0 bridgehead atoms. The zero-order chi connectivity index (χ0) is 10.0. The number of aliphatic hydroxyl groups excluding tert-OH is 1. The molecule has 0 aliphatic carbocycles. The second-order valence-corrected chi connectivity index (χ2v) is 2.64. The first-order valence-electron chi connectivity index (χ1n) is 3.68. The van der Waals surface area contributed by atoms with Crippen molar-refractivity contribution in [2.24, 2.45) is 0 Å². The van der Waals surface area contributed by atoms with Gasteiger partial charge in [-0.25, -0.2) is 8.78 Å². The lowest BCUT2D eigenvalue weighted by Crippen LogP contribution is -2.17. The maximum Gasteiger partial charge on any atom is 0.269 e. The fraction of sp³-hybridized carbons (Fsp3) is 0.375. The molecule has 0 saturated heterocycles. The number of aliphatic hydroxyl groups is 1. The van der Waals surface area contributed by atoms with Gasteiger partial charge >= 0.3 is 0 Å². The van der Waals surface area contributed by atoms with Crippen LogP contribution in [0.25, 0.3) is 0 Å². The molecule has 0 spiro atoms. The topological polar surface area (TPSA) is 53.1 Å². The summed E-state index contributed by atoms with van der Waals surface area (Å²) in [5.74, 6) is 0. The first-order valence-corrected chi connectivity index (χ1v) is 3.68. The number of pyridine rings is 1. The van der Waals surface area contributed by atoms with Gasteiger partial charge in [0.1, 0.15) is 0 Å². The number of nitrogens with one attached hydrogen (secondary N) is 1. The molecule has 0 aliphatic rings. The Morgan fingerprint density at radius 2 is 2.23 bits per heavy atom. The molecule has 0 atom stereocenters. The van der Waals surface area contributed by atoms with E-state index in [4.69, 9.17) is 5.11 Å². The molecule has 3 nitrogen and oxygen atoms in total. The van der Waals surface area contributed by atoms with Gasteiger partial charge in [0.15, 0.2) is 5.43 Å². The molecule has 1 aromatic rings. The van der Waals surface area contributed by atoms with E-state index in [2.05, 4.69) is 4.98 Å². The number of H-pyrrole nitrogens is 1. The van der Waals surface area contributed by atoms with Gasteiger partial charge in [-0.2, -0.15) is 0 Å². The quantitative estimate of drug-likeness (QED) is 0.732. The Kier molecular flexibility index (Phi) is 2.77. The van der Waals surface area contributed by atoms with Crippen LogP contribution < -0.4 is 5.43 Å². The van der Waals surface area contributed by atoms with Gasteiger partial charge in [-0.1, -0.05) is 0 Å². The molecule has 72 valence electrons. The van der Waals surface area contributed by atoms with E-state index in [1.54, 1.807) is 0 Å². The smallest absolute Gasteiger partial charge is 0.269 e. The van der Waals surface area contributed by atoms with Crippen molar-refractivity contribution < 1.29 is 13.9 Å². The highest BCUT2D eigenvalue weighted by atomic mass is 19.3. The molecule has 1 aromatic heterocycles. The summed E-state index contributed by atoms with van der Waals surface area (Å²) in [4.78, 5) is 13.7. The third kappa shape index (κ3) is 1.75. The van der Waals surface area contributed by atoms with Crippen LogP contribution in [0.1, 0.15) is 23.2 Å². The maximum atomic E-state index is 12.3. The number of aryl methyl sites for hydroxylation is 1. The second-order valence-electron chi connectivity index (χ2n) is 2.64. The van der Waals surface area contributed by atoms with Crippen molar-refractivity contribution in [2.75, 3.05) is 0 Å². The average molecular weight is 189 g/mol. The Hall–Kier alpha value is -1.23. The van der Waals surface area contributed by atoms with Crippen molar-refractivity contribution in [2.45, 2.75) is 20.0 Å². The van der Waals surface area contributed by atoms with Crippen LogP contribution in [0, 0.1) is 6.92 Å². The molecule has 1 rings (SSSR count). The van der Waals surface area contributed by atoms with Crippen LogP contribution in [0.5, 0.6) is 0 Å². The standard InChI is InChI=1S/C8H9F2NO2/c1-4-6(8(9)10)7(13)5(3-12)2-11-4/h2,8,12H,3H2,1H3,(H,11,13). The van der Waals surface area contributed by atoms with E-state index in [0.717, 1.165) is 0 Å². The SMILES string of the molecule is Cc1[nH]cc(CO)c(=O)c1C(F)F. The van der Waals surface area contributed by atoms with Crippen LogP contribution in [-0.4, -0.2) is 10.1 Å². The molecule has 0 amide bonds. The molecular formula is C8H9F2NO2. The lowest BCUT2D eigenvalue weighted by molar-refractivity contribution is 0.148. The molecule has 0 aliphatic heterocycles. The van der Waals surface area contributed by atoms with Crippen LogP contribution in [0.3, 0.4) is 0 Å². The third-order valence-corrected chi connectivity index (χ3v) is 1.79. The average Bonchev–Trinajstić information content (AvgIpc) is 2.04. The van der Waals surface area contributed by atoms with Gasteiger partial charge in [0.2, 0.25) is 0 Å². The Morgan fingerprint density at radius 1 is 1.62 bits per heavy atom. The minimum atomic E-state index is -2.81. The minimum Gasteiger partial charge on any atom is -0.391 e. The van der Waals surface area contributed by atoms with Gasteiger partial charge in [-0.05, 0) is 6.92 Å². The van der Waals surface area contributed by atoms with Gasteiger partial charge in [-0.15, -0.1) is 0 Å². The summed E-state index contributed by atoms with van der Waals surface area (Å²) < 4.78 is 24.6. The Morgan fingerprint density at radius 3 is 2.69 bits per heavy atom. The van der Waals surface area contributed by atoms with E-state index in [-0.39, 0.29) is 11.3 Å². The van der Waals surface area contributed by atoms with E-state index in [1.807, 2.05) is 0 Å². The summed E-state index contributed by atoms with van der Waals surface area (Å²) in [7, 11) is 0. The van der Waals surface area contributed by atoms with Crippen molar-refractivity contribution in [3.8, 4) is 0 Å². The number of alkyl halides is 2. The normalized spacial score (nSPS) is 10.8. The molecule has 0 unspecified atom stereocenters. The summed E-state index contributed by atoms with van der Waals surface area (Å²) in [5.41, 5.74) is -1.25. The first-order chi connectivity index (χ1) is 6.07. The second kappa shape index (κ2) is 3.66. The Bertz CT molecular complexity index is 360. The molecule has 0 saturated carbocycles. The summed E-state index contributed by atoms with van der Waals surface area (Å²) >= 11 is 0. The summed E-state index contributed by atoms with van der Waals surface area (Å²) in [5, 5.41) is 8.65. The number of aromatic amines is 1. The summed E-state index contributed by atoms with van der Waals surface area (Å²) in [6.07, 6.45) is -1.57. The molecule has 5 heteroatoms. The van der Waals surface area contributed by atoms with Crippen LogP contribution in [0.15, 0.2) is 11.0 Å².